The molecule has 6 rings (SSSR count). The summed E-state index contributed by atoms with van der Waals surface area (Å²) in [5.41, 5.74) is 4.66. The largest absolute Gasteiger partial charge is 0.490 e. The first-order valence-electron chi connectivity index (χ1n) is 11.7. The average molecular weight is 537 g/mol. The number of carbonyl (C=O) groups excluding carboxylic acids is 1. The zero-order valence-corrected chi connectivity index (χ0v) is 20.0. The fraction of sp³-hybridized carbons (Fsp3) is 0.148. The molecule has 198 valence electrons. The third-order valence-corrected chi connectivity index (χ3v) is 6.01. The van der Waals surface area contributed by atoms with Crippen LogP contribution < -0.4 is 5.32 Å². The molecule has 0 radical (unpaired) electrons. The van der Waals surface area contributed by atoms with Gasteiger partial charge in [0, 0.05) is 45.9 Å². The Morgan fingerprint density at radius 2 is 1.72 bits per heavy atom. The number of hydrogen-bond donors (Lipinski definition) is 3. The molecule has 0 bridgehead atoms. The lowest BCUT2D eigenvalue weighted by molar-refractivity contribution is -0.192. The number of aromatic amines is 1. The number of carboxylic acid groups (broad SMARTS) is 1. The molecule has 4 heterocycles. The Labute approximate surface area is 217 Å². The molecular formula is C27H19F4N5O3. The molecule has 0 saturated heterocycles. The number of carboxylic acids is 1. The normalized spacial score (nSPS) is 13.1. The summed E-state index contributed by atoms with van der Waals surface area (Å²) in [5.74, 6) is -3.28. The Morgan fingerprint density at radius 3 is 2.33 bits per heavy atom. The average Bonchev–Trinajstić information content (AvgIpc) is 3.66. The van der Waals surface area contributed by atoms with E-state index >= 15 is 4.39 Å². The number of aromatic nitrogens is 4. The maximum Gasteiger partial charge on any atom is 0.490 e. The van der Waals surface area contributed by atoms with Crippen molar-refractivity contribution in [2.45, 2.75) is 25.1 Å². The van der Waals surface area contributed by atoms with Gasteiger partial charge in [-0.2, -0.15) is 13.2 Å². The maximum atomic E-state index is 15.1. The highest BCUT2D eigenvalue weighted by Gasteiger charge is 2.38. The van der Waals surface area contributed by atoms with E-state index in [-0.39, 0.29) is 11.9 Å². The smallest absolute Gasteiger partial charge is 0.475 e. The van der Waals surface area contributed by atoms with Gasteiger partial charge in [0.2, 0.25) is 0 Å². The quantitative estimate of drug-likeness (QED) is 0.260. The van der Waals surface area contributed by atoms with E-state index < -0.39 is 18.0 Å². The van der Waals surface area contributed by atoms with Crippen LogP contribution in [0.1, 0.15) is 23.2 Å². The van der Waals surface area contributed by atoms with Crippen LogP contribution in [0.3, 0.4) is 0 Å². The Hall–Kier alpha value is -4.87. The topological polar surface area (TPSA) is 121 Å². The lowest BCUT2D eigenvalue weighted by Crippen LogP contribution is -2.25. The molecule has 1 saturated carbocycles. The predicted octanol–water partition coefficient (Wildman–Crippen LogP) is 5.50. The molecule has 8 nitrogen and oxygen atoms in total. The van der Waals surface area contributed by atoms with E-state index in [1.807, 2.05) is 18.2 Å². The highest BCUT2D eigenvalue weighted by atomic mass is 19.4. The van der Waals surface area contributed by atoms with E-state index in [1.54, 1.807) is 42.9 Å². The third kappa shape index (κ3) is 5.54. The van der Waals surface area contributed by atoms with E-state index in [2.05, 4.69) is 25.3 Å². The minimum Gasteiger partial charge on any atom is -0.475 e. The molecule has 12 heteroatoms. The van der Waals surface area contributed by atoms with Crippen LogP contribution in [0.5, 0.6) is 0 Å². The molecule has 0 aliphatic heterocycles. The molecule has 5 aromatic rings. The summed E-state index contributed by atoms with van der Waals surface area (Å²) in [6, 6.07) is 13.0. The molecule has 0 unspecified atom stereocenters. The number of aliphatic carboxylic acids is 1. The van der Waals surface area contributed by atoms with E-state index in [4.69, 9.17) is 9.90 Å². The second-order valence-electron chi connectivity index (χ2n) is 8.81. The molecule has 0 atom stereocenters. The maximum absolute atomic E-state index is 15.1. The van der Waals surface area contributed by atoms with Crippen LogP contribution >= 0.6 is 0 Å². The van der Waals surface area contributed by atoms with Gasteiger partial charge >= 0.3 is 12.1 Å². The minimum absolute atomic E-state index is 0.0984. The van der Waals surface area contributed by atoms with Crippen molar-refractivity contribution in [3.63, 3.8) is 0 Å². The second kappa shape index (κ2) is 10.1. The van der Waals surface area contributed by atoms with Crippen LogP contribution in [0.15, 0.2) is 67.3 Å². The Morgan fingerprint density at radius 1 is 1.00 bits per heavy atom. The number of benzene rings is 1. The number of nitrogens with zero attached hydrogens (tertiary/aromatic N) is 3. The van der Waals surface area contributed by atoms with Crippen molar-refractivity contribution in [1.82, 2.24) is 25.3 Å². The number of pyridine rings is 3. The molecule has 1 aliphatic carbocycles. The van der Waals surface area contributed by atoms with Crippen molar-refractivity contribution in [1.29, 1.82) is 0 Å². The van der Waals surface area contributed by atoms with Crippen LogP contribution in [-0.4, -0.2) is 49.1 Å². The van der Waals surface area contributed by atoms with Gasteiger partial charge in [-0.1, -0.05) is 12.1 Å². The van der Waals surface area contributed by atoms with Gasteiger partial charge in [-0.05, 0) is 48.7 Å². The van der Waals surface area contributed by atoms with Gasteiger partial charge in [0.15, 0.2) is 0 Å². The second-order valence-corrected chi connectivity index (χ2v) is 8.81. The summed E-state index contributed by atoms with van der Waals surface area (Å²) in [6.07, 6.45) is 3.37. The Balaban J connectivity index is 0.000000392. The van der Waals surface area contributed by atoms with Gasteiger partial charge in [-0.3, -0.25) is 14.8 Å². The number of nitrogens with one attached hydrogen (secondary N) is 2. The highest BCUT2D eigenvalue weighted by Crippen LogP contribution is 2.36. The van der Waals surface area contributed by atoms with Gasteiger partial charge in [0.05, 0.1) is 23.6 Å². The zero-order valence-electron chi connectivity index (χ0n) is 20.0. The van der Waals surface area contributed by atoms with Crippen molar-refractivity contribution in [3.8, 4) is 22.4 Å². The third-order valence-electron chi connectivity index (χ3n) is 6.01. The first-order chi connectivity index (χ1) is 18.6. The van der Waals surface area contributed by atoms with Gasteiger partial charge < -0.3 is 15.4 Å². The number of rotatable bonds is 4. The molecule has 0 spiro atoms. The monoisotopic (exact) mass is 537 g/mol. The lowest BCUT2D eigenvalue weighted by atomic mass is 9.99. The van der Waals surface area contributed by atoms with Crippen LogP contribution in [0.2, 0.25) is 0 Å². The number of amides is 1. The van der Waals surface area contributed by atoms with Crippen molar-refractivity contribution < 1.29 is 32.3 Å². The van der Waals surface area contributed by atoms with E-state index in [0.717, 1.165) is 35.0 Å². The predicted molar refractivity (Wildman–Crippen MR) is 134 cm³/mol. The molecule has 1 aromatic carbocycles. The molecule has 4 aromatic heterocycles. The summed E-state index contributed by atoms with van der Waals surface area (Å²) in [5, 5.41) is 11.6. The first kappa shape index (κ1) is 25.8. The first-order valence-corrected chi connectivity index (χ1v) is 11.7. The number of halogens is 4. The number of carbonyl (C=O) groups is 2. The van der Waals surface area contributed by atoms with Gasteiger partial charge in [0.1, 0.15) is 11.5 Å². The van der Waals surface area contributed by atoms with Crippen molar-refractivity contribution in [2.24, 2.45) is 0 Å². The highest BCUT2D eigenvalue weighted by molar-refractivity contribution is 6.13. The summed E-state index contributed by atoms with van der Waals surface area (Å²) in [4.78, 5) is 37.4. The minimum atomic E-state index is -5.08. The van der Waals surface area contributed by atoms with Gasteiger partial charge in [-0.25, -0.2) is 14.2 Å². The van der Waals surface area contributed by atoms with E-state index in [1.165, 1.54) is 6.20 Å². The van der Waals surface area contributed by atoms with E-state index in [0.29, 0.717) is 27.7 Å². The number of alkyl halides is 3. The summed E-state index contributed by atoms with van der Waals surface area (Å²) in [7, 11) is 0. The lowest BCUT2D eigenvalue weighted by Gasteiger charge is -2.08. The Kier molecular flexibility index (Phi) is 6.69. The van der Waals surface area contributed by atoms with Gasteiger partial charge in [0.25, 0.3) is 5.91 Å². The molecule has 1 fully saturated rings. The van der Waals surface area contributed by atoms with Crippen molar-refractivity contribution in [2.75, 3.05) is 0 Å². The summed E-state index contributed by atoms with van der Waals surface area (Å²) in [6.45, 7) is 0. The Bertz CT molecular complexity index is 1680. The molecule has 1 amide bonds. The van der Waals surface area contributed by atoms with Crippen molar-refractivity contribution >= 4 is 33.8 Å². The van der Waals surface area contributed by atoms with Crippen LogP contribution in [-0.2, 0) is 4.79 Å². The number of H-pyrrole nitrogens is 1. The van der Waals surface area contributed by atoms with Crippen LogP contribution in [0.4, 0.5) is 17.6 Å². The summed E-state index contributed by atoms with van der Waals surface area (Å²) < 4.78 is 46.8. The van der Waals surface area contributed by atoms with Crippen molar-refractivity contribution in [3.05, 3.63) is 78.6 Å². The number of fused-ring (bicyclic) bond motifs is 3. The van der Waals surface area contributed by atoms with Crippen LogP contribution in [0, 0.1) is 5.82 Å². The SMILES string of the molecule is O=C(NC1CC1)c1ccc(-c2c(F)cnc3[nH]c4cnc(-c5cccnc5)cc4c23)cc1.O=C(O)C(F)(F)F. The molecular weight excluding hydrogens is 518 g/mol. The van der Waals surface area contributed by atoms with Gasteiger partial charge in [-0.15, -0.1) is 0 Å². The molecule has 3 N–H and O–H groups in total. The van der Waals surface area contributed by atoms with E-state index in [9.17, 15) is 18.0 Å². The zero-order chi connectivity index (χ0) is 27.7. The fourth-order valence-electron chi connectivity index (χ4n) is 3.97. The van der Waals surface area contributed by atoms with Crippen LogP contribution in [0.25, 0.3) is 44.3 Å². The fourth-order valence-corrected chi connectivity index (χ4v) is 3.97. The number of hydrogen-bond acceptors (Lipinski definition) is 5. The molecule has 39 heavy (non-hydrogen) atoms. The standard InChI is InChI=1S/C25H18FN5O.C2HF3O2/c26-19-12-29-24-23(18-10-20(28-13-21(18)31-24)16-2-1-9-27-11-16)22(19)14-3-5-15(6-4-14)25(32)30-17-7-8-17;3-2(4,5)1(6)7/h1-6,9-13,17H,7-8H2,(H,29,31)(H,30,32);(H,6,7). The summed E-state index contributed by atoms with van der Waals surface area (Å²) >= 11 is 0. The molecule has 1 aliphatic rings.